The molecule has 3 aromatic rings. The van der Waals surface area contributed by atoms with Gasteiger partial charge in [0.2, 0.25) is 11.7 Å². The first-order valence-corrected chi connectivity index (χ1v) is 8.25. The van der Waals surface area contributed by atoms with Crippen LogP contribution in [0.25, 0.3) is 11.6 Å². The van der Waals surface area contributed by atoms with Gasteiger partial charge in [0.15, 0.2) is 5.76 Å². The monoisotopic (exact) mass is 342 g/mol. The quantitative estimate of drug-likeness (QED) is 0.705. The van der Waals surface area contributed by atoms with Crippen molar-refractivity contribution in [1.82, 2.24) is 40.3 Å². The van der Waals surface area contributed by atoms with Crippen molar-refractivity contribution in [3.63, 3.8) is 0 Å². The predicted octanol–water partition coefficient (Wildman–Crippen LogP) is 0.218. The number of furan rings is 1. The van der Waals surface area contributed by atoms with Crippen LogP contribution in [0.5, 0.6) is 0 Å². The van der Waals surface area contributed by atoms with Gasteiger partial charge in [-0.3, -0.25) is 4.79 Å². The SMILES string of the molecule is CCc1nnc2n1C[C@H](NC(=O)Cn1nnc(-c3ccco3)n1)CC2. The van der Waals surface area contributed by atoms with Gasteiger partial charge in [-0.15, -0.1) is 20.4 Å². The maximum atomic E-state index is 12.3. The third-order valence-electron chi connectivity index (χ3n) is 4.18. The van der Waals surface area contributed by atoms with Gasteiger partial charge in [0.1, 0.15) is 18.2 Å². The van der Waals surface area contributed by atoms with E-state index in [4.69, 9.17) is 4.42 Å². The van der Waals surface area contributed by atoms with E-state index in [1.165, 1.54) is 11.1 Å². The van der Waals surface area contributed by atoms with E-state index in [9.17, 15) is 4.79 Å². The van der Waals surface area contributed by atoms with Crippen LogP contribution >= 0.6 is 0 Å². The first-order chi connectivity index (χ1) is 12.2. The van der Waals surface area contributed by atoms with Gasteiger partial charge in [-0.2, -0.15) is 4.80 Å². The van der Waals surface area contributed by atoms with Crippen LogP contribution in [0.1, 0.15) is 25.0 Å². The molecule has 4 heterocycles. The highest BCUT2D eigenvalue weighted by atomic mass is 16.3. The van der Waals surface area contributed by atoms with E-state index < -0.39 is 0 Å². The number of nitrogens with one attached hydrogen (secondary N) is 1. The highest BCUT2D eigenvalue weighted by Crippen LogP contribution is 2.16. The fourth-order valence-corrected chi connectivity index (χ4v) is 2.98. The summed E-state index contributed by atoms with van der Waals surface area (Å²) in [5.74, 6) is 2.67. The molecule has 10 nitrogen and oxygen atoms in total. The van der Waals surface area contributed by atoms with Crippen molar-refractivity contribution in [2.45, 2.75) is 45.3 Å². The largest absolute Gasteiger partial charge is 0.461 e. The Kier molecular flexibility index (Phi) is 4.00. The summed E-state index contributed by atoms with van der Waals surface area (Å²) in [6, 6.07) is 3.54. The van der Waals surface area contributed by atoms with Crippen LogP contribution in [0.3, 0.4) is 0 Å². The fourth-order valence-electron chi connectivity index (χ4n) is 2.98. The minimum Gasteiger partial charge on any atom is -0.461 e. The molecule has 0 fully saturated rings. The van der Waals surface area contributed by atoms with Gasteiger partial charge < -0.3 is 14.3 Å². The molecule has 1 amide bonds. The molecule has 1 N–H and O–H groups in total. The van der Waals surface area contributed by atoms with Crippen LogP contribution in [0.2, 0.25) is 0 Å². The lowest BCUT2D eigenvalue weighted by molar-refractivity contribution is -0.123. The number of carbonyl (C=O) groups is 1. The van der Waals surface area contributed by atoms with Crippen LogP contribution in [-0.2, 0) is 30.7 Å². The third kappa shape index (κ3) is 3.14. The molecule has 1 atom stereocenters. The van der Waals surface area contributed by atoms with Crippen molar-refractivity contribution in [2.75, 3.05) is 0 Å². The second-order valence-corrected chi connectivity index (χ2v) is 5.92. The summed E-state index contributed by atoms with van der Waals surface area (Å²) in [5.41, 5.74) is 0. The average Bonchev–Trinajstić information content (AvgIpc) is 3.34. The summed E-state index contributed by atoms with van der Waals surface area (Å²) < 4.78 is 7.31. The number of hydrogen-bond acceptors (Lipinski definition) is 7. The lowest BCUT2D eigenvalue weighted by Gasteiger charge is -2.25. The number of aromatic nitrogens is 7. The minimum atomic E-state index is -0.150. The van der Waals surface area contributed by atoms with Crippen LogP contribution in [0, 0.1) is 0 Å². The summed E-state index contributed by atoms with van der Waals surface area (Å²) in [5, 5.41) is 23.3. The predicted molar refractivity (Wildman–Crippen MR) is 85.2 cm³/mol. The highest BCUT2D eigenvalue weighted by molar-refractivity contribution is 5.75. The Morgan fingerprint density at radius 2 is 2.32 bits per heavy atom. The van der Waals surface area contributed by atoms with E-state index in [1.807, 2.05) is 6.92 Å². The molecule has 1 aliphatic heterocycles. The zero-order chi connectivity index (χ0) is 17.2. The zero-order valence-corrected chi connectivity index (χ0v) is 13.8. The van der Waals surface area contributed by atoms with E-state index in [1.54, 1.807) is 12.1 Å². The molecule has 10 heteroatoms. The van der Waals surface area contributed by atoms with Gasteiger partial charge >= 0.3 is 0 Å². The summed E-state index contributed by atoms with van der Waals surface area (Å²) in [6.45, 7) is 2.76. The maximum absolute atomic E-state index is 12.3. The molecule has 1 aliphatic rings. The lowest BCUT2D eigenvalue weighted by atomic mass is 10.1. The van der Waals surface area contributed by atoms with Crippen molar-refractivity contribution < 1.29 is 9.21 Å². The summed E-state index contributed by atoms with van der Waals surface area (Å²) >= 11 is 0. The number of fused-ring (bicyclic) bond motifs is 1. The smallest absolute Gasteiger partial charge is 0.243 e. The van der Waals surface area contributed by atoms with Crippen LogP contribution in [0.15, 0.2) is 22.8 Å². The second kappa shape index (κ2) is 6.46. The standard InChI is InChI=1S/C15H18N8O2/c1-2-12-17-18-13-6-5-10(8-22(12)13)16-14(24)9-23-20-15(19-21-23)11-4-3-7-25-11/h3-4,7,10H,2,5-6,8-9H2,1H3,(H,16,24)/t10-/m1/s1. The summed E-state index contributed by atoms with van der Waals surface area (Å²) in [7, 11) is 0. The van der Waals surface area contributed by atoms with E-state index in [0.717, 1.165) is 30.9 Å². The zero-order valence-electron chi connectivity index (χ0n) is 13.8. The van der Waals surface area contributed by atoms with Gasteiger partial charge in [-0.25, -0.2) is 0 Å². The molecule has 0 bridgehead atoms. The number of tetrazole rings is 1. The van der Waals surface area contributed by atoms with Gasteiger partial charge in [0.05, 0.1) is 6.26 Å². The Hall–Kier alpha value is -3.04. The molecule has 0 radical (unpaired) electrons. The average molecular weight is 342 g/mol. The second-order valence-electron chi connectivity index (χ2n) is 5.92. The van der Waals surface area contributed by atoms with Gasteiger partial charge in [-0.1, -0.05) is 6.92 Å². The first-order valence-electron chi connectivity index (χ1n) is 8.25. The Labute approximate surface area is 143 Å². The molecule has 4 rings (SSSR count). The number of nitrogens with zero attached hydrogens (tertiary/aromatic N) is 7. The Morgan fingerprint density at radius 3 is 3.12 bits per heavy atom. The Bertz CT molecular complexity index is 853. The molecule has 25 heavy (non-hydrogen) atoms. The fraction of sp³-hybridized carbons (Fsp3) is 0.467. The molecule has 3 aromatic heterocycles. The molecule has 0 saturated heterocycles. The molecule has 130 valence electrons. The molecule has 0 saturated carbocycles. The normalized spacial score (nSPS) is 16.6. The van der Waals surface area contributed by atoms with E-state index in [-0.39, 0.29) is 18.5 Å². The van der Waals surface area contributed by atoms with Crippen molar-refractivity contribution in [3.05, 3.63) is 30.0 Å². The highest BCUT2D eigenvalue weighted by Gasteiger charge is 2.23. The Morgan fingerprint density at radius 1 is 1.40 bits per heavy atom. The van der Waals surface area contributed by atoms with E-state index in [2.05, 4.69) is 35.5 Å². The molecule has 0 aliphatic carbocycles. The van der Waals surface area contributed by atoms with Gasteiger partial charge in [-0.05, 0) is 23.8 Å². The molecule has 0 unspecified atom stereocenters. The van der Waals surface area contributed by atoms with Crippen LogP contribution in [-0.4, -0.2) is 46.9 Å². The maximum Gasteiger partial charge on any atom is 0.243 e. The van der Waals surface area contributed by atoms with Gasteiger partial charge in [0, 0.05) is 25.4 Å². The molecule has 0 spiro atoms. The van der Waals surface area contributed by atoms with Crippen molar-refractivity contribution in [2.24, 2.45) is 0 Å². The van der Waals surface area contributed by atoms with Crippen LogP contribution in [0.4, 0.5) is 0 Å². The number of rotatable bonds is 5. The van der Waals surface area contributed by atoms with Crippen molar-refractivity contribution in [3.8, 4) is 11.6 Å². The molecular weight excluding hydrogens is 324 g/mol. The van der Waals surface area contributed by atoms with Gasteiger partial charge in [0.25, 0.3) is 0 Å². The molecular formula is C15H18N8O2. The number of aryl methyl sites for hydroxylation is 2. The Balaban J connectivity index is 1.37. The minimum absolute atomic E-state index is 0.0138. The first kappa shape index (κ1) is 15.5. The van der Waals surface area contributed by atoms with E-state index in [0.29, 0.717) is 18.1 Å². The van der Waals surface area contributed by atoms with Crippen LogP contribution < -0.4 is 5.32 Å². The number of carbonyl (C=O) groups excluding carboxylic acids is 1. The summed E-state index contributed by atoms with van der Waals surface area (Å²) in [4.78, 5) is 13.5. The van der Waals surface area contributed by atoms with E-state index >= 15 is 0 Å². The van der Waals surface area contributed by atoms with Crippen molar-refractivity contribution in [1.29, 1.82) is 0 Å². The number of amides is 1. The number of hydrogen-bond donors (Lipinski definition) is 1. The third-order valence-corrected chi connectivity index (χ3v) is 4.18. The molecule has 0 aromatic carbocycles. The van der Waals surface area contributed by atoms with Crippen molar-refractivity contribution >= 4 is 5.91 Å². The topological polar surface area (TPSA) is 117 Å². The lowest BCUT2D eigenvalue weighted by Crippen LogP contribution is -2.42. The summed E-state index contributed by atoms with van der Waals surface area (Å²) in [6.07, 6.45) is 4.01.